The summed E-state index contributed by atoms with van der Waals surface area (Å²) < 4.78 is 0. The van der Waals surface area contributed by atoms with Crippen LogP contribution < -0.4 is 5.32 Å². The van der Waals surface area contributed by atoms with E-state index in [1.807, 2.05) is 4.90 Å². The summed E-state index contributed by atoms with van der Waals surface area (Å²) in [6.45, 7) is 12.5. The van der Waals surface area contributed by atoms with E-state index in [9.17, 15) is 4.79 Å². The standard InChI is InChI=1S/C18H28N2OS/c1-13(2)19-10-11-20-16(21)12-22-17(20)14-6-8-15(9-7-14)18(3,4)5/h6-9,13,17,19H,10-12H2,1-5H3/t17-/m0/s1. The molecule has 0 saturated carbocycles. The van der Waals surface area contributed by atoms with Gasteiger partial charge >= 0.3 is 0 Å². The minimum absolute atomic E-state index is 0.162. The second-order valence-electron chi connectivity index (χ2n) is 7.23. The largest absolute Gasteiger partial charge is 0.325 e. The lowest BCUT2D eigenvalue weighted by molar-refractivity contribution is -0.128. The van der Waals surface area contributed by atoms with E-state index in [2.05, 4.69) is 64.2 Å². The minimum Gasteiger partial charge on any atom is -0.325 e. The number of hydrogen-bond donors (Lipinski definition) is 1. The highest BCUT2D eigenvalue weighted by Gasteiger charge is 2.32. The van der Waals surface area contributed by atoms with Crippen molar-refractivity contribution in [1.29, 1.82) is 0 Å². The van der Waals surface area contributed by atoms with E-state index in [-0.39, 0.29) is 16.7 Å². The smallest absolute Gasteiger partial charge is 0.233 e. The molecule has 1 atom stereocenters. The average molecular weight is 321 g/mol. The predicted molar refractivity (Wildman–Crippen MR) is 95.2 cm³/mol. The molecule has 2 rings (SSSR count). The Morgan fingerprint density at radius 1 is 1.27 bits per heavy atom. The van der Waals surface area contributed by atoms with Crippen LogP contribution in [0.5, 0.6) is 0 Å². The molecule has 1 aromatic carbocycles. The van der Waals surface area contributed by atoms with Crippen LogP contribution in [0.3, 0.4) is 0 Å². The predicted octanol–water partition coefficient (Wildman–Crippen LogP) is 3.56. The Morgan fingerprint density at radius 2 is 1.91 bits per heavy atom. The quantitative estimate of drug-likeness (QED) is 0.900. The summed E-state index contributed by atoms with van der Waals surface area (Å²) in [6, 6.07) is 9.21. The summed E-state index contributed by atoms with van der Waals surface area (Å²) in [5, 5.41) is 3.55. The molecule has 1 aromatic rings. The number of nitrogens with one attached hydrogen (secondary N) is 1. The summed E-state index contributed by atoms with van der Waals surface area (Å²) in [5.41, 5.74) is 2.73. The maximum atomic E-state index is 12.1. The van der Waals surface area contributed by atoms with Crippen molar-refractivity contribution >= 4 is 17.7 Å². The van der Waals surface area contributed by atoms with Gasteiger partial charge in [0.05, 0.1) is 5.75 Å². The third kappa shape index (κ3) is 4.26. The van der Waals surface area contributed by atoms with Crippen molar-refractivity contribution in [2.24, 2.45) is 0 Å². The first-order valence-corrected chi connectivity index (χ1v) is 9.09. The molecule has 1 N–H and O–H groups in total. The van der Waals surface area contributed by atoms with Crippen LogP contribution in [0.25, 0.3) is 0 Å². The first kappa shape index (κ1) is 17.4. The fraction of sp³-hybridized carbons (Fsp3) is 0.611. The molecule has 1 saturated heterocycles. The van der Waals surface area contributed by atoms with E-state index < -0.39 is 0 Å². The highest BCUT2D eigenvalue weighted by molar-refractivity contribution is 8.00. The molecule has 0 spiro atoms. The molecule has 0 unspecified atom stereocenters. The van der Waals surface area contributed by atoms with Gasteiger partial charge in [-0.3, -0.25) is 4.79 Å². The number of benzene rings is 1. The number of carbonyl (C=O) groups excluding carboxylic acids is 1. The van der Waals surface area contributed by atoms with Crippen molar-refractivity contribution in [2.45, 2.75) is 51.4 Å². The monoisotopic (exact) mass is 320 g/mol. The van der Waals surface area contributed by atoms with Gasteiger partial charge in [-0.05, 0) is 16.5 Å². The number of hydrogen-bond acceptors (Lipinski definition) is 3. The fourth-order valence-corrected chi connectivity index (χ4v) is 3.81. The molecule has 1 aliphatic rings. The molecule has 0 bridgehead atoms. The van der Waals surface area contributed by atoms with Crippen molar-refractivity contribution in [3.63, 3.8) is 0 Å². The highest BCUT2D eigenvalue weighted by atomic mass is 32.2. The molecule has 1 aliphatic heterocycles. The zero-order valence-corrected chi connectivity index (χ0v) is 15.2. The van der Waals surface area contributed by atoms with Crippen LogP contribution in [0, 0.1) is 0 Å². The summed E-state index contributed by atoms with van der Waals surface area (Å²) >= 11 is 1.73. The van der Waals surface area contributed by atoms with E-state index in [4.69, 9.17) is 0 Å². The average Bonchev–Trinajstić information content (AvgIpc) is 2.79. The van der Waals surface area contributed by atoms with E-state index >= 15 is 0 Å². The summed E-state index contributed by atoms with van der Waals surface area (Å²) in [7, 11) is 0. The Balaban J connectivity index is 2.07. The van der Waals surface area contributed by atoms with Crippen LogP contribution in [0.4, 0.5) is 0 Å². The Morgan fingerprint density at radius 3 is 2.45 bits per heavy atom. The summed E-state index contributed by atoms with van der Waals surface area (Å²) in [6.07, 6.45) is 0. The molecule has 1 heterocycles. The Bertz CT molecular complexity index is 505. The Labute approximate surface area is 138 Å². The van der Waals surface area contributed by atoms with Crippen molar-refractivity contribution in [2.75, 3.05) is 18.8 Å². The van der Waals surface area contributed by atoms with E-state index in [0.717, 1.165) is 13.1 Å². The van der Waals surface area contributed by atoms with Crippen LogP contribution in [-0.4, -0.2) is 35.7 Å². The first-order valence-electron chi connectivity index (χ1n) is 8.04. The van der Waals surface area contributed by atoms with Gasteiger partial charge in [0.25, 0.3) is 0 Å². The third-order valence-electron chi connectivity index (χ3n) is 3.94. The second-order valence-corrected chi connectivity index (χ2v) is 8.30. The number of rotatable bonds is 5. The van der Waals surface area contributed by atoms with Gasteiger partial charge in [-0.2, -0.15) is 0 Å². The molecule has 4 heteroatoms. The van der Waals surface area contributed by atoms with Gasteiger partial charge in [0.1, 0.15) is 5.37 Å². The lowest BCUT2D eigenvalue weighted by atomic mass is 9.87. The van der Waals surface area contributed by atoms with Crippen molar-refractivity contribution in [1.82, 2.24) is 10.2 Å². The maximum absolute atomic E-state index is 12.1. The molecular weight excluding hydrogens is 292 g/mol. The number of amides is 1. The van der Waals surface area contributed by atoms with Crippen LogP contribution in [0.2, 0.25) is 0 Å². The van der Waals surface area contributed by atoms with E-state index in [1.165, 1.54) is 11.1 Å². The van der Waals surface area contributed by atoms with Crippen molar-refractivity contribution in [3.8, 4) is 0 Å². The molecule has 1 amide bonds. The molecule has 0 radical (unpaired) electrons. The summed E-state index contributed by atoms with van der Waals surface area (Å²) in [5.74, 6) is 0.841. The molecular formula is C18H28N2OS. The number of nitrogens with zero attached hydrogens (tertiary/aromatic N) is 1. The topological polar surface area (TPSA) is 32.3 Å². The van der Waals surface area contributed by atoms with Gasteiger partial charge < -0.3 is 10.2 Å². The summed E-state index contributed by atoms with van der Waals surface area (Å²) in [4.78, 5) is 14.1. The minimum atomic E-state index is 0.162. The van der Waals surface area contributed by atoms with Gasteiger partial charge in [0, 0.05) is 19.1 Å². The van der Waals surface area contributed by atoms with E-state index in [1.54, 1.807) is 11.8 Å². The second kappa shape index (κ2) is 7.05. The third-order valence-corrected chi connectivity index (χ3v) is 5.19. The van der Waals surface area contributed by atoms with Gasteiger partial charge in [0.2, 0.25) is 5.91 Å². The number of thioether (sulfide) groups is 1. The normalized spacial score (nSPS) is 19.3. The van der Waals surface area contributed by atoms with Crippen LogP contribution in [0.15, 0.2) is 24.3 Å². The zero-order chi connectivity index (χ0) is 16.3. The van der Waals surface area contributed by atoms with Crippen LogP contribution in [-0.2, 0) is 10.2 Å². The van der Waals surface area contributed by atoms with Gasteiger partial charge in [0.15, 0.2) is 0 Å². The lowest BCUT2D eigenvalue weighted by Gasteiger charge is -2.26. The molecule has 0 aliphatic carbocycles. The molecule has 22 heavy (non-hydrogen) atoms. The Kier molecular flexibility index (Phi) is 5.56. The van der Waals surface area contributed by atoms with Gasteiger partial charge in [-0.25, -0.2) is 0 Å². The van der Waals surface area contributed by atoms with Crippen LogP contribution in [0.1, 0.15) is 51.1 Å². The van der Waals surface area contributed by atoms with E-state index in [0.29, 0.717) is 11.8 Å². The number of carbonyl (C=O) groups is 1. The van der Waals surface area contributed by atoms with Crippen molar-refractivity contribution < 1.29 is 4.79 Å². The van der Waals surface area contributed by atoms with Crippen LogP contribution >= 0.6 is 11.8 Å². The molecule has 1 fully saturated rings. The highest BCUT2D eigenvalue weighted by Crippen LogP contribution is 2.38. The van der Waals surface area contributed by atoms with Gasteiger partial charge in [-0.1, -0.05) is 58.9 Å². The molecule has 122 valence electrons. The Hall–Kier alpha value is -1.00. The van der Waals surface area contributed by atoms with Gasteiger partial charge in [-0.15, -0.1) is 11.8 Å². The SMILES string of the molecule is CC(C)NCCN1C(=O)CS[C@H]1c1ccc(C(C)(C)C)cc1. The first-order chi connectivity index (χ1) is 10.3. The molecule has 3 nitrogen and oxygen atoms in total. The van der Waals surface area contributed by atoms with Crippen molar-refractivity contribution in [3.05, 3.63) is 35.4 Å². The fourth-order valence-electron chi connectivity index (χ4n) is 2.59. The lowest BCUT2D eigenvalue weighted by Crippen LogP contribution is -2.37. The maximum Gasteiger partial charge on any atom is 0.233 e. The zero-order valence-electron chi connectivity index (χ0n) is 14.3. The molecule has 0 aromatic heterocycles.